The Hall–Kier alpha value is -1.76. The van der Waals surface area contributed by atoms with Crippen molar-refractivity contribution < 1.29 is 17.9 Å². The Labute approximate surface area is 138 Å². The molecule has 0 aromatic heterocycles. The number of hydrogen-bond donors (Lipinski definition) is 2. The summed E-state index contributed by atoms with van der Waals surface area (Å²) in [5, 5.41) is 2.52. The summed E-state index contributed by atoms with van der Waals surface area (Å²) in [6.07, 6.45) is 1.72. The summed E-state index contributed by atoms with van der Waals surface area (Å²) < 4.78 is 32.1. The molecule has 130 valence electrons. The average molecular weight is 342 g/mol. The zero-order chi connectivity index (χ0) is 17.5. The van der Waals surface area contributed by atoms with E-state index in [-0.39, 0.29) is 4.90 Å². The van der Waals surface area contributed by atoms with Gasteiger partial charge in [-0.05, 0) is 43.0 Å². The summed E-state index contributed by atoms with van der Waals surface area (Å²) in [5.74, 6) is 0.995. The Morgan fingerprint density at radius 2 is 2.00 bits per heavy atom. The summed E-state index contributed by atoms with van der Waals surface area (Å²) in [6.45, 7) is 8.73. The highest BCUT2D eigenvalue weighted by atomic mass is 32.2. The van der Waals surface area contributed by atoms with Gasteiger partial charge in [-0.15, -0.1) is 0 Å². The lowest BCUT2D eigenvalue weighted by Crippen LogP contribution is -2.39. The van der Waals surface area contributed by atoms with Crippen LogP contribution < -0.4 is 14.8 Å². The van der Waals surface area contributed by atoms with Crippen LogP contribution in [0.4, 0.5) is 4.79 Å². The average Bonchev–Trinajstić information content (AvgIpc) is 2.44. The molecule has 0 aliphatic rings. The number of ether oxygens (including phenoxy) is 1. The fourth-order valence-corrected chi connectivity index (χ4v) is 3.02. The molecule has 6 nitrogen and oxygen atoms in total. The van der Waals surface area contributed by atoms with Gasteiger partial charge in [0.25, 0.3) is 10.0 Å². The summed E-state index contributed by atoms with van der Waals surface area (Å²) in [7, 11) is -3.89. The van der Waals surface area contributed by atoms with Gasteiger partial charge >= 0.3 is 6.03 Å². The van der Waals surface area contributed by atoms with E-state index in [4.69, 9.17) is 4.74 Å². The highest BCUT2D eigenvalue weighted by molar-refractivity contribution is 7.90. The van der Waals surface area contributed by atoms with Crippen molar-refractivity contribution >= 4 is 16.1 Å². The predicted octanol–water partition coefficient (Wildman–Crippen LogP) is 2.82. The smallest absolute Gasteiger partial charge is 0.328 e. The second kappa shape index (κ2) is 8.76. The van der Waals surface area contributed by atoms with E-state index in [1.165, 1.54) is 6.07 Å². The third-order valence-corrected chi connectivity index (χ3v) is 4.55. The number of sulfonamides is 1. The van der Waals surface area contributed by atoms with Crippen molar-refractivity contribution in [2.45, 2.75) is 45.4 Å². The molecule has 2 N–H and O–H groups in total. The maximum atomic E-state index is 12.3. The molecule has 23 heavy (non-hydrogen) atoms. The van der Waals surface area contributed by atoms with Crippen molar-refractivity contribution in [3.8, 4) is 5.75 Å². The first-order chi connectivity index (χ1) is 10.8. The van der Waals surface area contributed by atoms with E-state index in [2.05, 4.69) is 5.32 Å². The maximum absolute atomic E-state index is 12.3. The maximum Gasteiger partial charge on any atom is 0.328 e. The summed E-state index contributed by atoms with van der Waals surface area (Å²) >= 11 is 0. The van der Waals surface area contributed by atoms with Crippen LogP contribution >= 0.6 is 0 Å². The van der Waals surface area contributed by atoms with Crippen molar-refractivity contribution in [3.05, 3.63) is 23.8 Å². The van der Waals surface area contributed by atoms with Crippen LogP contribution in [0.15, 0.2) is 23.1 Å². The number of carbonyl (C=O) groups is 1. The molecule has 0 aliphatic carbocycles. The van der Waals surface area contributed by atoms with E-state index in [1.54, 1.807) is 19.1 Å². The molecule has 1 rings (SSSR count). The lowest BCUT2D eigenvalue weighted by atomic mass is 10.2. The number of rotatable bonds is 8. The molecule has 0 atom stereocenters. The lowest BCUT2D eigenvalue weighted by Gasteiger charge is -2.13. The molecule has 0 fully saturated rings. The van der Waals surface area contributed by atoms with Gasteiger partial charge in [0.2, 0.25) is 0 Å². The van der Waals surface area contributed by atoms with E-state index in [9.17, 15) is 13.2 Å². The Balaban J connectivity index is 2.78. The lowest BCUT2D eigenvalue weighted by molar-refractivity contribution is 0.245. The molecule has 1 aromatic rings. The van der Waals surface area contributed by atoms with Gasteiger partial charge < -0.3 is 10.1 Å². The summed E-state index contributed by atoms with van der Waals surface area (Å²) in [6, 6.07) is 4.00. The number of urea groups is 1. The molecule has 0 aliphatic heterocycles. The monoisotopic (exact) mass is 342 g/mol. The zero-order valence-electron chi connectivity index (χ0n) is 14.2. The number of aryl methyl sites for hydroxylation is 1. The van der Waals surface area contributed by atoms with Crippen LogP contribution in [0, 0.1) is 12.8 Å². The first-order valence-corrected chi connectivity index (χ1v) is 9.28. The highest BCUT2D eigenvalue weighted by Gasteiger charge is 2.20. The second-order valence-electron chi connectivity index (χ2n) is 5.85. The number of carbonyl (C=O) groups excluding carboxylic acids is 1. The van der Waals surface area contributed by atoms with E-state index in [1.807, 2.05) is 25.5 Å². The molecule has 0 spiro atoms. The normalized spacial score (nSPS) is 11.3. The van der Waals surface area contributed by atoms with Crippen molar-refractivity contribution in [1.82, 2.24) is 10.0 Å². The first-order valence-electron chi connectivity index (χ1n) is 7.80. The minimum absolute atomic E-state index is 0.0695. The largest absolute Gasteiger partial charge is 0.493 e. The standard InChI is InChI=1S/C16H26N2O4S/c1-5-6-9-17-16(19)18-23(20,21)15-8-7-14(10-13(15)4)22-11-12(2)3/h7-8,10,12H,5-6,9,11H2,1-4H3,(H2,17,18,19). The van der Waals surface area contributed by atoms with Crippen LogP contribution in [0.2, 0.25) is 0 Å². The molecule has 0 unspecified atom stereocenters. The Bertz CT molecular complexity index is 627. The van der Waals surface area contributed by atoms with Gasteiger partial charge in [-0.1, -0.05) is 27.2 Å². The molecule has 1 aromatic carbocycles. The Kier molecular flexibility index (Phi) is 7.35. The Morgan fingerprint density at radius 1 is 1.30 bits per heavy atom. The molecule has 7 heteroatoms. The van der Waals surface area contributed by atoms with Crippen LogP contribution in [0.25, 0.3) is 0 Å². The zero-order valence-corrected chi connectivity index (χ0v) is 15.0. The predicted molar refractivity (Wildman–Crippen MR) is 90.1 cm³/mol. The number of benzene rings is 1. The molecular weight excluding hydrogens is 316 g/mol. The topological polar surface area (TPSA) is 84.5 Å². The van der Waals surface area contributed by atoms with Crippen molar-refractivity contribution in [3.63, 3.8) is 0 Å². The minimum atomic E-state index is -3.89. The molecule has 0 radical (unpaired) electrons. The van der Waals surface area contributed by atoms with Gasteiger partial charge in [-0.25, -0.2) is 17.9 Å². The minimum Gasteiger partial charge on any atom is -0.493 e. The molecule has 0 bridgehead atoms. The number of nitrogens with one attached hydrogen (secondary N) is 2. The molecule has 2 amide bonds. The second-order valence-corrected chi connectivity index (χ2v) is 7.50. The quantitative estimate of drug-likeness (QED) is 0.712. The van der Waals surface area contributed by atoms with E-state index in [0.29, 0.717) is 30.4 Å². The van der Waals surface area contributed by atoms with E-state index in [0.717, 1.165) is 12.8 Å². The molecular formula is C16H26N2O4S. The third-order valence-electron chi connectivity index (χ3n) is 3.06. The summed E-state index contributed by atoms with van der Waals surface area (Å²) in [5.41, 5.74) is 0.528. The van der Waals surface area contributed by atoms with Crippen LogP contribution in [0.3, 0.4) is 0 Å². The first kappa shape index (κ1) is 19.3. The van der Waals surface area contributed by atoms with Crippen LogP contribution in [0.1, 0.15) is 39.2 Å². The number of hydrogen-bond acceptors (Lipinski definition) is 4. The van der Waals surface area contributed by atoms with Crippen LogP contribution in [0.5, 0.6) is 5.75 Å². The van der Waals surface area contributed by atoms with E-state index < -0.39 is 16.1 Å². The third kappa shape index (κ3) is 6.48. The molecule has 0 heterocycles. The van der Waals surface area contributed by atoms with Crippen molar-refractivity contribution in [2.24, 2.45) is 5.92 Å². The highest BCUT2D eigenvalue weighted by Crippen LogP contribution is 2.21. The van der Waals surface area contributed by atoms with Crippen LogP contribution in [-0.4, -0.2) is 27.6 Å². The SMILES string of the molecule is CCCCNC(=O)NS(=O)(=O)c1ccc(OCC(C)C)cc1C. The summed E-state index contributed by atoms with van der Waals surface area (Å²) in [4.78, 5) is 11.7. The Morgan fingerprint density at radius 3 is 2.57 bits per heavy atom. The van der Waals surface area contributed by atoms with Gasteiger partial charge in [0, 0.05) is 6.54 Å². The van der Waals surface area contributed by atoms with Gasteiger partial charge in [0.15, 0.2) is 0 Å². The van der Waals surface area contributed by atoms with Gasteiger partial charge in [0.1, 0.15) is 5.75 Å². The van der Waals surface area contributed by atoms with Gasteiger partial charge in [0.05, 0.1) is 11.5 Å². The number of unbranched alkanes of at least 4 members (excludes halogenated alkanes) is 1. The van der Waals surface area contributed by atoms with E-state index >= 15 is 0 Å². The molecule has 0 saturated heterocycles. The van der Waals surface area contributed by atoms with Crippen LogP contribution in [-0.2, 0) is 10.0 Å². The fourth-order valence-electron chi connectivity index (χ4n) is 1.87. The van der Waals surface area contributed by atoms with Crippen molar-refractivity contribution in [2.75, 3.05) is 13.2 Å². The van der Waals surface area contributed by atoms with Crippen molar-refractivity contribution in [1.29, 1.82) is 0 Å². The molecule has 0 saturated carbocycles. The fraction of sp³-hybridized carbons (Fsp3) is 0.562. The number of amides is 2. The van der Waals surface area contributed by atoms with Gasteiger partial charge in [-0.3, -0.25) is 0 Å². The van der Waals surface area contributed by atoms with Gasteiger partial charge in [-0.2, -0.15) is 0 Å².